The van der Waals surface area contributed by atoms with Crippen LogP contribution in [0.4, 0.5) is 0 Å². The van der Waals surface area contributed by atoms with Crippen molar-refractivity contribution in [3.05, 3.63) is 59.7 Å². The van der Waals surface area contributed by atoms with Gasteiger partial charge in [-0.25, -0.2) is 4.98 Å². The van der Waals surface area contributed by atoms with Crippen LogP contribution in [0.15, 0.2) is 42.7 Å². The highest BCUT2D eigenvalue weighted by atomic mass is 35.5. The third-order valence-electron chi connectivity index (χ3n) is 3.72. The molecule has 0 saturated carbocycles. The fourth-order valence-electron chi connectivity index (χ4n) is 2.55. The van der Waals surface area contributed by atoms with Crippen molar-refractivity contribution in [1.29, 1.82) is 0 Å². The fourth-order valence-corrected chi connectivity index (χ4v) is 2.72. The quantitative estimate of drug-likeness (QED) is 0.671. The van der Waals surface area contributed by atoms with Crippen LogP contribution < -0.4 is 0 Å². The summed E-state index contributed by atoms with van der Waals surface area (Å²) in [5.74, 6) is 1.60. The minimum absolute atomic E-state index is 0.575. The van der Waals surface area contributed by atoms with E-state index in [0.29, 0.717) is 5.88 Å². The van der Waals surface area contributed by atoms with Crippen LogP contribution in [0.25, 0.3) is 11.0 Å². The fraction of sp³-hybridized carbons (Fsp3) is 0.294. The first-order valence-electron chi connectivity index (χ1n) is 7.24. The molecular weight excluding hydrogens is 282 g/mol. The van der Waals surface area contributed by atoms with E-state index in [-0.39, 0.29) is 0 Å². The van der Waals surface area contributed by atoms with Crippen molar-refractivity contribution in [2.75, 3.05) is 5.88 Å². The monoisotopic (exact) mass is 299 g/mol. The average Bonchev–Trinajstić information content (AvgIpc) is 2.86. The SMILES string of the molecule is CCc1ccc(Cn2c(CCCl)nc3cnccc32)cc1. The average molecular weight is 300 g/mol. The molecule has 108 valence electrons. The topological polar surface area (TPSA) is 30.7 Å². The predicted octanol–water partition coefficient (Wildman–Crippen LogP) is 3.82. The molecular formula is C17H18ClN3. The molecule has 2 heterocycles. The summed E-state index contributed by atoms with van der Waals surface area (Å²) in [5.41, 5.74) is 4.69. The number of fused-ring (bicyclic) bond motifs is 1. The van der Waals surface area contributed by atoms with Crippen molar-refractivity contribution in [3.8, 4) is 0 Å². The Labute approximate surface area is 129 Å². The minimum Gasteiger partial charge on any atom is -0.323 e. The van der Waals surface area contributed by atoms with Crippen LogP contribution in [0.3, 0.4) is 0 Å². The molecule has 0 aliphatic rings. The molecule has 2 aromatic heterocycles. The summed E-state index contributed by atoms with van der Waals surface area (Å²) in [6, 6.07) is 10.8. The molecule has 0 fully saturated rings. The van der Waals surface area contributed by atoms with E-state index in [2.05, 4.69) is 45.7 Å². The highest BCUT2D eigenvalue weighted by molar-refractivity contribution is 6.17. The molecule has 0 atom stereocenters. The molecule has 0 spiro atoms. The number of pyridine rings is 1. The lowest BCUT2D eigenvalue weighted by atomic mass is 10.1. The molecule has 0 radical (unpaired) electrons. The van der Waals surface area contributed by atoms with Gasteiger partial charge in [-0.05, 0) is 23.6 Å². The summed E-state index contributed by atoms with van der Waals surface area (Å²) in [7, 11) is 0. The van der Waals surface area contributed by atoms with Crippen LogP contribution in [-0.2, 0) is 19.4 Å². The number of nitrogens with zero attached hydrogens (tertiary/aromatic N) is 3. The number of aryl methyl sites for hydroxylation is 2. The lowest BCUT2D eigenvalue weighted by Gasteiger charge is -2.09. The summed E-state index contributed by atoms with van der Waals surface area (Å²) >= 11 is 5.91. The van der Waals surface area contributed by atoms with Crippen LogP contribution in [-0.4, -0.2) is 20.4 Å². The molecule has 0 saturated heterocycles. The molecule has 0 bridgehead atoms. The number of rotatable bonds is 5. The summed E-state index contributed by atoms with van der Waals surface area (Å²) in [6.45, 7) is 2.99. The number of alkyl halides is 1. The molecule has 0 aliphatic heterocycles. The molecule has 3 nitrogen and oxygen atoms in total. The smallest absolute Gasteiger partial charge is 0.111 e. The van der Waals surface area contributed by atoms with E-state index in [4.69, 9.17) is 11.6 Å². The van der Waals surface area contributed by atoms with Gasteiger partial charge >= 0.3 is 0 Å². The standard InChI is InChI=1S/C17H18ClN3/c1-2-13-3-5-14(6-4-13)12-21-16-8-10-19-11-15(16)20-17(21)7-9-18/h3-6,8,10-11H,2,7,9,12H2,1H3. The maximum absolute atomic E-state index is 5.91. The van der Waals surface area contributed by atoms with Crippen molar-refractivity contribution in [1.82, 2.24) is 14.5 Å². The third kappa shape index (κ3) is 2.93. The Morgan fingerprint density at radius 2 is 1.86 bits per heavy atom. The summed E-state index contributed by atoms with van der Waals surface area (Å²) in [5, 5.41) is 0. The van der Waals surface area contributed by atoms with Gasteiger partial charge in [0.25, 0.3) is 0 Å². The highest BCUT2D eigenvalue weighted by Gasteiger charge is 2.10. The lowest BCUT2D eigenvalue weighted by molar-refractivity contribution is 0.754. The van der Waals surface area contributed by atoms with Crippen molar-refractivity contribution in [3.63, 3.8) is 0 Å². The number of hydrogen-bond donors (Lipinski definition) is 0. The Balaban J connectivity index is 1.99. The van der Waals surface area contributed by atoms with Gasteiger partial charge in [0.05, 0.1) is 11.7 Å². The summed E-state index contributed by atoms with van der Waals surface area (Å²) in [6.07, 6.45) is 5.45. The second kappa shape index (κ2) is 6.27. The zero-order valence-electron chi connectivity index (χ0n) is 12.1. The van der Waals surface area contributed by atoms with Gasteiger partial charge in [0.15, 0.2) is 0 Å². The zero-order chi connectivity index (χ0) is 14.7. The van der Waals surface area contributed by atoms with E-state index >= 15 is 0 Å². The maximum atomic E-state index is 5.91. The molecule has 0 amide bonds. The maximum Gasteiger partial charge on any atom is 0.111 e. The first kappa shape index (κ1) is 14.1. The van der Waals surface area contributed by atoms with Crippen LogP contribution in [0, 0.1) is 0 Å². The minimum atomic E-state index is 0.575. The van der Waals surface area contributed by atoms with Crippen molar-refractivity contribution in [2.24, 2.45) is 0 Å². The van der Waals surface area contributed by atoms with Crippen molar-refractivity contribution < 1.29 is 0 Å². The van der Waals surface area contributed by atoms with Gasteiger partial charge in [0, 0.05) is 25.0 Å². The van der Waals surface area contributed by atoms with Crippen LogP contribution in [0.5, 0.6) is 0 Å². The van der Waals surface area contributed by atoms with E-state index in [0.717, 1.165) is 36.2 Å². The van der Waals surface area contributed by atoms with E-state index in [1.54, 1.807) is 0 Å². The number of imidazole rings is 1. The summed E-state index contributed by atoms with van der Waals surface area (Å²) in [4.78, 5) is 8.80. The van der Waals surface area contributed by atoms with Crippen molar-refractivity contribution in [2.45, 2.75) is 26.3 Å². The van der Waals surface area contributed by atoms with Crippen LogP contribution >= 0.6 is 11.6 Å². The van der Waals surface area contributed by atoms with E-state index < -0.39 is 0 Å². The second-order valence-corrected chi connectivity index (χ2v) is 5.47. The van der Waals surface area contributed by atoms with Gasteiger partial charge in [-0.3, -0.25) is 4.98 Å². The van der Waals surface area contributed by atoms with Gasteiger partial charge in [-0.1, -0.05) is 31.2 Å². The molecule has 0 aliphatic carbocycles. The van der Waals surface area contributed by atoms with Gasteiger partial charge < -0.3 is 4.57 Å². The van der Waals surface area contributed by atoms with Gasteiger partial charge in [0.1, 0.15) is 11.3 Å². The summed E-state index contributed by atoms with van der Waals surface area (Å²) < 4.78 is 2.24. The molecule has 3 aromatic rings. The normalized spacial score (nSPS) is 11.1. The number of benzene rings is 1. The number of aromatic nitrogens is 3. The van der Waals surface area contributed by atoms with E-state index in [1.165, 1.54) is 11.1 Å². The molecule has 3 rings (SSSR count). The second-order valence-electron chi connectivity index (χ2n) is 5.09. The molecule has 0 unspecified atom stereocenters. The Bertz CT molecular complexity index is 731. The van der Waals surface area contributed by atoms with Crippen LogP contribution in [0.1, 0.15) is 23.9 Å². The predicted molar refractivity (Wildman–Crippen MR) is 86.9 cm³/mol. The largest absolute Gasteiger partial charge is 0.323 e. The van der Waals surface area contributed by atoms with Gasteiger partial charge in [-0.15, -0.1) is 11.6 Å². The Morgan fingerprint density at radius 3 is 2.57 bits per heavy atom. The van der Waals surface area contributed by atoms with Crippen molar-refractivity contribution >= 4 is 22.6 Å². The first-order valence-corrected chi connectivity index (χ1v) is 7.78. The Morgan fingerprint density at radius 1 is 1.10 bits per heavy atom. The molecule has 0 N–H and O–H groups in total. The zero-order valence-corrected chi connectivity index (χ0v) is 12.8. The number of halogens is 1. The van der Waals surface area contributed by atoms with E-state index in [9.17, 15) is 0 Å². The highest BCUT2D eigenvalue weighted by Crippen LogP contribution is 2.18. The number of hydrogen-bond acceptors (Lipinski definition) is 2. The van der Waals surface area contributed by atoms with E-state index in [1.807, 2.05) is 18.5 Å². The third-order valence-corrected chi connectivity index (χ3v) is 3.91. The molecule has 21 heavy (non-hydrogen) atoms. The van der Waals surface area contributed by atoms with Gasteiger partial charge in [-0.2, -0.15) is 0 Å². The molecule has 4 heteroatoms. The molecule has 1 aromatic carbocycles. The Kier molecular flexibility index (Phi) is 4.20. The Hall–Kier alpha value is -1.87. The lowest BCUT2D eigenvalue weighted by Crippen LogP contribution is -2.06. The van der Waals surface area contributed by atoms with Gasteiger partial charge in [0.2, 0.25) is 0 Å². The van der Waals surface area contributed by atoms with Crippen LogP contribution in [0.2, 0.25) is 0 Å². The first-order chi connectivity index (χ1) is 10.3.